The van der Waals surface area contributed by atoms with E-state index in [0.29, 0.717) is 16.8 Å². The minimum absolute atomic E-state index is 0.144. The lowest BCUT2D eigenvalue weighted by Gasteiger charge is -2.23. The van der Waals surface area contributed by atoms with E-state index < -0.39 is 23.6 Å². The molecule has 0 aliphatic heterocycles. The first kappa shape index (κ1) is 19.7. The molecule has 0 aliphatic rings. The van der Waals surface area contributed by atoms with Gasteiger partial charge in [0.15, 0.2) is 6.10 Å². The predicted octanol–water partition coefficient (Wildman–Crippen LogP) is 2.27. The van der Waals surface area contributed by atoms with Crippen molar-refractivity contribution in [3.05, 3.63) is 22.5 Å². The van der Waals surface area contributed by atoms with Crippen LogP contribution < -0.4 is 5.32 Å². The van der Waals surface area contributed by atoms with Gasteiger partial charge in [0, 0.05) is 11.2 Å². The number of carbonyl (C=O) groups excluding carboxylic acids is 3. The van der Waals surface area contributed by atoms with Crippen LogP contribution in [0.15, 0.2) is 0 Å². The standard InChI is InChI=1S/C17H26N2O5/c1-8-23-15(21)12-9(2)13(18-10(12)3)16(22)24-11(4)14(20)19-17(5,6)7/h11,18H,8H2,1-7H3,(H,19,20)/t11-/m0/s1. The Morgan fingerprint density at radius 3 is 2.25 bits per heavy atom. The molecule has 1 atom stereocenters. The maximum atomic E-state index is 12.3. The van der Waals surface area contributed by atoms with E-state index >= 15 is 0 Å². The molecule has 0 radical (unpaired) electrons. The van der Waals surface area contributed by atoms with E-state index in [1.807, 2.05) is 20.8 Å². The molecule has 0 spiro atoms. The Labute approximate surface area is 142 Å². The van der Waals surface area contributed by atoms with Crippen LogP contribution in [0.3, 0.4) is 0 Å². The van der Waals surface area contributed by atoms with Crippen LogP contribution in [0.4, 0.5) is 0 Å². The van der Waals surface area contributed by atoms with Gasteiger partial charge in [0.05, 0.1) is 12.2 Å². The first-order chi connectivity index (χ1) is 11.0. The van der Waals surface area contributed by atoms with Gasteiger partial charge in [0.2, 0.25) is 0 Å². The van der Waals surface area contributed by atoms with Crippen molar-refractivity contribution in [2.75, 3.05) is 6.61 Å². The van der Waals surface area contributed by atoms with Gasteiger partial charge in [0.25, 0.3) is 5.91 Å². The first-order valence-corrected chi connectivity index (χ1v) is 7.87. The second-order valence-corrected chi connectivity index (χ2v) is 6.63. The monoisotopic (exact) mass is 338 g/mol. The van der Waals surface area contributed by atoms with E-state index in [4.69, 9.17) is 9.47 Å². The molecule has 7 nitrogen and oxygen atoms in total. The summed E-state index contributed by atoms with van der Waals surface area (Å²) in [5, 5.41) is 2.74. The summed E-state index contributed by atoms with van der Waals surface area (Å²) >= 11 is 0. The SMILES string of the molecule is CCOC(=O)c1c(C)[nH]c(C(=O)O[C@@H](C)C(=O)NC(C)(C)C)c1C. The topological polar surface area (TPSA) is 97.5 Å². The van der Waals surface area contributed by atoms with Gasteiger partial charge in [-0.05, 0) is 54.0 Å². The molecule has 0 saturated carbocycles. The minimum atomic E-state index is -0.953. The fraction of sp³-hybridized carbons (Fsp3) is 0.588. The molecular weight excluding hydrogens is 312 g/mol. The van der Waals surface area contributed by atoms with Crippen molar-refractivity contribution in [1.29, 1.82) is 0 Å². The lowest BCUT2D eigenvalue weighted by molar-refractivity contribution is -0.130. The molecule has 1 heterocycles. The summed E-state index contributed by atoms with van der Waals surface area (Å²) in [6.07, 6.45) is -0.953. The second kappa shape index (κ2) is 7.51. The van der Waals surface area contributed by atoms with Crippen LogP contribution in [0.25, 0.3) is 0 Å². The van der Waals surface area contributed by atoms with Crippen molar-refractivity contribution in [2.24, 2.45) is 0 Å². The van der Waals surface area contributed by atoms with Crippen LogP contribution >= 0.6 is 0 Å². The summed E-state index contributed by atoms with van der Waals surface area (Å²) in [6, 6.07) is 0. The lowest BCUT2D eigenvalue weighted by Crippen LogP contribution is -2.46. The number of amides is 1. The number of aromatic amines is 1. The Morgan fingerprint density at radius 1 is 1.17 bits per heavy atom. The highest BCUT2D eigenvalue weighted by molar-refractivity contribution is 5.99. The van der Waals surface area contributed by atoms with Gasteiger partial charge in [-0.25, -0.2) is 9.59 Å². The summed E-state index contributed by atoms with van der Waals surface area (Å²) in [5.74, 6) is -1.58. The number of hydrogen-bond donors (Lipinski definition) is 2. The van der Waals surface area contributed by atoms with Crippen LogP contribution in [-0.4, -0.2) is 41.1 Å². The highest BCUT2D eigenvalue weighted by Gasteiger charge is 2.27. The van der Waals surface area contributed by atoms with Gasteiger partial charge in [-0.3, -0.25) is 4.79 Å². The quantitative estimate of drug-likeness (QED) is 0.803. The Hall–Kier alpha value is -2.31. The molecule has 0 unspecified atom stereocenters. The zero-order valence-electron chi connectivity index (χ0n) is 15.3. The smallest absolute Gasteiger partial charge is 0.355 e. The van der Waals surface area contributed by atoms with Crippen molar-refractivity contribution in [3.63, 3.8) is 0 Å². The molecular formula is C17H26N2O5. The van der Waals surface area contributed by atoms with E-state index in [1.54, 1.807) is 20.8 Å². The molecule has 134 valence electrons. The van der Waals surface area contributed by atoms with Crippen molar-refractivity contribution < 1.29 is 23.9 Å². The number of H-pyrrole nitrogens is 1. The van der Waals surface area contributed by atoms with Crippen LogP contribution in [0.5, 0.6) is 0 Å². The van der Waals surface area contributed by atoms with Gasteiger partial charge < -0.3 is 19.8 Å². The highest BCUT2D eigenvalue weighted by Crippen LogP contribution is 2.20. The number of hydrogen-bond acceptors (Lipinski definition) is 5. The van der Waals surface area contributed by atoms with E-state index in [-0.39, 0.29) is 18.2 Å². The first-order valence-electron chi connectivity index (χ1n) is 7.87. The zero-order valence-corrected chi connectivity index (χ0v) is 15.3. The molecule has 24 heavy (non-hydrogen) atoms. The van der Waals surface area contributed by atoms with E-state index in [0.717, 1.165) is 0 Å². The van der Waals surface area contributed by atoms with Gasteiger partial charge >= 0.3 is 11.9 Å². The Morgan fingerprint density at radius 2 is 1.75 bits per heavy atom. The van der Waals surface area contributed by atoms with E-state index in [1.165, 1.54) is 6.92 Å². The fourth-order valence-electron chi connectivity index (χ4n) is 2.21. The number of aryl methyl sites for hydroxylation is 1. The number of nitrogens with one attached hydrogen (secondary N) is 2. The third-order valence-corrected chi connectivity index (χ3v) is 3.27. The summed E-state index contributed by atoms with van der Waals surface area (Å²) in [6.45, 7) is 12.3. The van der Waals surface area contributed by atoms with Crippen LogP contribution in [0.2, 0.25) is 0 Å². The van der Waals surface area contributed by atoms with E-state index in [2.05, 4.69) is 10.3 Å². The summed E-state index contributed by atoms with van der Waals surface area (Å²) in [4.78, 5) is 39.1. The molecule has 7 heteroatoms. The Balaban J connectivity index is 2.91. The van der Waals surface area contributed by atoms with Crippen LogP contribution in [0, 0.1) is 13.8 Å². The summed E-state index contributed by atoms with van der Waals surface area (Å²) < 4.78 is 10.2. The average molecular weight is 338 g/mol. The van der Waals surface area contributed by atoms with Crippen molar-refractivity contribution >= 4 is 17.8 Å². The molecule has 1 rings (SSSR count). The third kappa shape index (κ3) is 4.84. The molecule has 0 saturated heterocycles. The summed E-state index contributed by atoms with van der Waals surface area (Å²) in [5.41, 5.74) is 0.999. The van der Waals surface area contributed by atoms with Crippen molar-refractivity contribution in [2.45, 2.75) is 60.1 Å². The van der Waals surface area contributed by atoms with Crippen LogP contribution in [-0.2, 0) is 14.3 Å². The fourth-order valence-corrected chi connectivity index (χ4v) is 2.21. The Bertz CT molecular complexity index is 640. The molecule has 1 amide bonds. The second-order valence-electron chi connectivity index (χ2n) is 6.63. The predicted molar refractivity (Wildman–Crippen MR) is 89.0 cm³/mol. The van der Waals surface area contributed by atoms with Gasteiger partial charge in [-0.15, -0.1) is 0 Å². The molecule has 0 fully saturated rings. The van der Waals surface area contributed by atoms with Gasteiger partial charge in [-0.2, -0.15) is 0 Å². The lowest BCUT2D eigenvalue weighted by atomic mass is 10.1. The molecule has 1 aromatic rings. The number of aromatic nitrogens is 1. The number of esters is 2. The van der Waals surface area contributed by atoms with Crippen molar-refractivity contribution in [3.8, 4) is 0 Å². The van der Waals surface area contributed by atoms with E-state index in [9.17, 15) is 14.4 Å². The average Bonchev–Trinajstić information content (AvgIpc) is 2.72. The minimum Gasteiger partial charge on any atom is -0.462 e. The number of carbonyl (C=O) groups is 3. The third-order valence-electron chi connectivity index (χ3n) is 3.27. The van der Waals surface area contributed by atoms with Crippen LogP contribution in [0.1, 0.15) is 66.7 Å². The maximum Gasteiger partial charge on any atom is 0.355 e. The Kier molecular flexibility index (Phi) is 6.17. The summed E-state index contributed by atoms with van der Waals surface area (Å²) in [7, 11) is 0. The highest BCUT2D eigenvalue weighted by atomic mass is 16.5. The van der Waals surface area contributed by atoms with Gasteiger partial charge in [-0.1, -0.05) is 0 Å². The molecule has 0 aliphatic carbocycles. The zero-order chi connectivity index (χ0) is 18.7. The van der Waals surface area contributed by atoms with Crippen molar-refractivity contribution in [1.82, 2.24) is 10.3 Å². The molecule has 0 bridgehead atoms. The maximum absolute atomic E-state index is 12.3. The molecule has 1 aromatic heterocycles. The molecule has 2 N–H and O–H groups in total. The van der Waals surface area contributed by atoms with Gasteiger partial charge in [0.1, 0.15) is 5.69 Å². The number of rotatable bonds is 5. The largest absolute Gasteiger partial charge is 0.462 e. The number of ether oxygens (including phenoxy) is 2. The normalized spacial score (nSPS) is 12.5. The molecule has 0 aromatic carbocycles.